The van der Waals surface area contributed by atoms with Gasteiger partial charge < -0.3 is 10.6 Å². The van der Waals surface area contributed by atoms with Crippen LogP contribution >= 0.6 is 11.6 Å². The number of carbonyl (C=O) groups excluding carboxylic acids is 2. The molecule has 0 spiro atoms. The van der Waals surface area contributed by atoms with Gasteiger partial charge in [-0.1, -0.05) is 23.7 Å². The normalized spacial score (nSPS) is 18.7. The van der Waals surface area contributed by atoms with Crippen LogP contribution in [0.5, 0.6) is 0 Å². The van der Waals surface area contributed by atoms with E-state index in [4.69, 9.17) is 11.6 Å². The molecule has 0 bridgehead atoms. The average molecular weight is 397 g/mol. The van der Waals surface area contributed by atoms with Crippen LogP contribution in [0, 0.1) is 18.8 Å². The van der Waals surface area contributed by atoms with Crippen LogP contribution < -0.4 is 10.6 Å². The zero-order valence-corrected chi connectivity index (χ0v) is 15.0. The van der Waals surface area contributed by atoms with E-state index in [1.807, 2.05) is 6.92 Å². The maximum Gasteiger partial charge on any atom is 0.416 e. The predicted molar refractivity (Wildman–Crippen MR) is 96.5 cm³/mol. The van der Waals surface area contributed by atoms with Crippen molar-refractivity contribution in [1.29, 1.82) is 0 Å². The number of hydrogen-bond donors (Lipinski definition) is 2. The van der Waals surface area contributed by atoms with Gasteiger partial charge in [-0.05, 0) is 49.2 Å². The van der Waals surface area contributed by atoms with Crippen LogP contribution in [-0.4, -0.2) is 11.8 Å². The van der Waals surface area contributed by atoms with Crippen LogP contribution in [0.25, 0.3) is 0 Å². The van der Waals surface area contributed by atoms with E-state index >= 15 is 0 Å². The first-order valence-electron chi connectivity index (χ1n) is 8.20. The minimum atomic E-state index is -4.49. The molecular weight excluding hydrogens is 381 g/mol. The van der Waals surface area contributed by atoms with Crippen LogP contribution in [0.3, 0.4) is 0 Å². The van der Waals surface area contributed by atoms with Gasteiger partial charge in [-0.15, -0.1) is 0 Å². The Morgan fingerprint density at radius 1 is 1.00 bits per heavy atom. The van der Waals surface area contributed by atoms with E-state index in [0.717, 1.165) is 17.7 Å². The molecule has 3 rings (SSSR count). The summed E-state index contributed by atoms with van der Waals surface area (Å²) in [7, 11) is 0. The quantitative estimate of drug-likeness (QED) is 0.773. The second-order valence-corrected chi connectivity index (χ2v) is 6.88. The predicted octanol–water partition coefficient (Wildman–Crippen LogP) is 4.88. The lowest BCUT2D eigenvalue weighted by Gasteiger charge is -2.10. The fourth-order valence-electron chi connectivity index (χ4n) is 2.69. The molecule has 1 aliphatic rings. The fourth-order valence-corrected chi connectivity index (χ4v) is 2.87. The van der Waals surface area contributed by atoms with Gasteiger partial charge >= 0.3 is 6.18 Å². The molecule has 1 fully saturated rings. The van der Waals surface area contributed by atoms with Crippen LogP contribution in [0.1, 0.15) is 17.5 Å². The van der Waals surface area contributed by atoms with Crippen molar-refractivity contribution in [2.45, 2.75) is 19.5 Å². The van der Waals surface area contributed by atoms with E-state index in [0.29, 0.717) is 17.1 Å². The lowest BCUT2D eigenvalue weighted by Crippen LogP contribution is -2.20. The van der Waals surface area contributed by atoms with E-state index in [2.05, 4.69) is 10.6 Å². The lowest BCUT2D eigenvalue weighted by molar-refractivity contribution is -0.137. The summed E-state index contributed by atoms with van der Waals surface area (Å²) in [4.78, 5) is 24.4. The van der Waals surface area contributed by atoms with E-state index in [1.54, 1.807) is 18.2 Å². The molecule has 27 heavy (non-hydrogen) atoms. The Balaban J connectivity index is 1.58. The minimum absolute atomic E-state index is 0.0474. The molecule has 2 unspecified atom stereocenters. The summed E-state index contributed by atoms with van der Waals surface area (Å²) in [6.45, 7) is 1.84. The summed E-state index contributed by atoms with van der Waals surface area (Å²) in [6, 6.07) is 9.48. The summed E-state index contributed by atoms with van der Waals surface area (Å²) in [6.07, 6.45) is -4.14. The number of hydrogen-bond acceptors (Lipinski definition) is 2. The Kier molecular flexibility index (Phi) is 5.15. The highest BCUT2D eigenvalue weighted by atomic mass is 35.5. The molecule has 0 aromatic heterocycles. The second kappa shape index (κ2) is 7.23. The molecule has 2 amide bonds. The van der Waals surface area contributed by atoms with Gasteiger partial charge in [-0.3, -0.25) is 9.59 Å². The third kappa shape index (κ3) is 4.60. The van der Waals surface area contributed by atoms with Gasteiger partial charge in [0.15, 0.2) is 0 Å². The zero-order chi connectivity index (χ0) is 19.8. The number of rotatable bonds is 4. The van der Waals surface area contributed by atoms with Crippen molar-refractivity contribution in [3.05, 3.63) is 58.6 Å². The van der Waals surface area contributed by atoms with Crippen molar-refractivity contribution >= 4 is 34.8 Å². The van der Waals surface area contributed by atoms with E-state index < -0.39 is 29.5 Å². The van der Waals surface area contributed by atoms with Gasteiger partial charge in [0.25, 0.3) is 0 Å². The van der Waals surface area contributed by atoms with E-state index in [1.165, 1.54) is 12.1 Å². The molecule has 2 atom stereocenters. The standard InChI is InChI=1S/C19H16ClF3N2O2/c1-10-5-6-13(8-16(10)20)25-18(27)15-9-14(15)17(26)24-12-4-2-3-11(7-12)19(21,22)23/h2-8,14-15H,9H2,1H3,(H,24,26)(H,25,27). The topological polar surface area (TPSA) is 58.2 Å². The number of aryl methyl sites for hydroxylation is 1. The van der Waals surface area contributed by atoms with Gasteiger partial charge in [0, 0.05) is 16.4 Å². The maximum atomic E-state index is 12.7. The summed E-state index contributed by atoms with van der Waals surface area (Å²) in [5.41, 5.74) is 0.604. The first kappa shape index (κ1) is 19.2. The van der Waals surface area contributed by atoms with Crippen LogP contribution in [0.2, 0.25) is 5.02 Å². The highest BCUT2D eigenvalue weighted by molar-refractivity contribution is 6.31. The van der Waals surface area contributed by atoms with Crippen molar-refractivity contribution in [2.24, 2.45) is 11.8 Å². The van der Waals surface area contributed by atoms with E-state index in [-0.39, 0.29) is 11.6 Å². The molecule has 2 N–H and O–H groups in total. The van der Waals surface area contributed by atoms with Crippen LogP contribution in [0.4, 0.5) is 24.5 Å². The molecule has 0 saturated heterocycles. The van der Waals surface area contributed by atoms with Gasteiger partial charge in [0.1, 0.15) is 0 Å². The van der Waals surface area contributed by atoms with Crippen LogP contribution in [0.15, 0.2) is 42.5 Å². The molecule has 8 heteroatoms. The van der Waals surface area contributed by atoms with Gasteiger partial charge in [0.2, 0.25) is 11.8 Å². The zero-order valence-electron chi connectivity index (χ0n) is 14.2. The lowest BCUT2D eigenvalue weighted by atomic mass is 10.2. The third-order valence-electron chi connectivity index (χ3n) is 4.36. The number of amides is 2. The summed E-state index contributed by atoms with van der Waals surface area (Å²) >= 11 is 6.01. The van der Waals surface area contributed by atoms with Gasteiger partial charge in [0.05, 0.1) is 17.4 Å². The molecule has 4 nitrogen and oxygen atoms in total. The number of nitrogens with one attached hydrogen (secondary N) is 2. The minimum Gasteiger partial charge on any atom is -0.326 e. The summed E-state index contributed by atoms with van der Waals surface area (Å²) in [5, 5.41) is 5.66. The Morgan fingerprint density at radius 2 is 1.59 bits per heavy atom. The number of halogens is 4. The van der Waals surface area contributed by atoms with Crippen LogP contribution in [-0.2, 0) is 15.8 Å². The molecule has 2 aromatic carbocycles. The summed E-state index contributed by atoms with van der Waals surface area (Å²) < 4.78 is 38.2. The molecule has 1 saturated carbocycles. The second-order valence-electron chi connectivity index (χ2n) is 6.47. The Morgan fingerprint density at radius 3 is 2.15 bits per heavy atom. The average Bonchev–Trinajstić information content (AvgIpc) is 3.39. The Hall–Kier alpha value is -2.54. The molecule has 142 valence electrons. The highest BCUT2D eigenvalue weighted by Crippen LogP contribution is 2.40. The molecule has 1 aliphatic carbocycles. The van der Waals surface area contributed by atoms with E-state index in [9.17, 15) is 22.8 Å². The molecule has 2 aromatic rings. The van der Waals surface area contributed by atoms with Gasteiger partial charge in [-0.2, -0.15) is 13.2 Å². The monoisotopic (exact) mass is 396 g/mol. The highest BCUT2D eigenvalue weighted by Gasteiger charge is 2.48. The van der Waals surface area contributed by atoms with Crippen molar-refractivity contribution in [2.75, 3.05) is 10.6 Å². The molecule has 0 aliphatic heterocycles. The third-order valence-corrected chi connectivity index (χ3v) is 4.77. The number of benzene rings is 2. The fraction of sp³-hybridized carbons (Fsp3) is 0.263. The molecular formula is C19H16ClF3N2O2. The van der Waals surface area contributed by atoms with Crippen molar-refractivity contribution in [3.63, 3.8) is 0 Å². The van der Waals surface area contributed by atoms with Crippen molar-refractivity contribution in [3.8, 4) is 0 Å². The number of anilines is 2. The molecule has 0 radical (unpaired) electrons. The number of alkyl halides is 3. The maximum absolute atomic E-state index is 12.7. The number of carbonyl (C=O) groups is 2. The van der Waals surface area contributed by atoms with Crippen molar-refractivity contribution in [1.82, 2.24) is 0 Å². The summed E-state index contributed by atoms with van der Waals surface area (Å²) in [5.74, 6) is -1.88. The Bertz CT molecular complexity index is 899. The first-order chi connectivity index (χ1) is 12.6. The Labute approximate surface area is 158 Å². The molecule has 0 heterocycles. The largest absolute Gasteiger partial charge is 0.416 e. The van der Waals surface area contributed by atoms with Crippen molar-refractivity contribution < 1.29 is 22.8 Å². The SMILES string of the molecule is Cc1ccc(NC(=O)C2CC2C(=O)Nc2cccc(C(F)(F)F)c2)cc1Cl. The van der Waals surface area contributed by atoms with Gasteiger partial charge in [-0.25, -0.2) is 0 Å². The smallest absolute Gasteiger partial charge is 0.326 e. The first-order valence-corrected chi connectivity index (χ1v) is 8.58.